The molecule has 1 N–H and O–H groups in total. The van der Waals surface area contributed by atoms with Crippen molar-refractivity contribution in [1.82, 2.24) is 0 Å². The molecule has 0 radical (unpaired) electrons. The molecule has 1 aromatic rings. The van der Waals surface area contributed by atoms with Gasteiger partial charge in [-0.05, 0) is 25.3 Å². The molecule has 0 atom stereocenters. The first-order valence-electron chi connectivity index (χ1n) is 5.61. The SMILES string of the molecule is CCCOc1c(Cl)cc(Cl)c2c1CCCN2. The second-order valence-corrected chi connectivity index (χ2v) is 4.72. The van der Waals surface area contributed by atoms with E-state index in [0.717, 1.165) is 42.8 Å². The van der Waals surface area contributed by atoms with E-state index in [0.29, 0.717) is 16.7 Å². The van der Waals surface area contributed by atoms with Crippen molar-refractivity contribution in [2.24, 2.45) is 0 Å². The van der Waals surface area contributed by atoms with Crippen molar-refractivity contribution in [3.8, 4) is 5.75 Å². The summed E-state index contributed by atoms with van der Waals surface area (Å²) in [5.41, 5.74) is 2.11. The number of halogens is 2. The van der Waals surface area contributed by atoms with Crippen molar-refractivity contribution < 1.29 is 4.74 Å². The van der Waals surface area contributed by atoms with Crippen LogP contribution in [0.25, 0.3) is 0 Å². The molecule has 0 saturated carbocycles. The van der Waals surface area contributed by atoms with Crippen LogP contribution in [0.2, 0.25) is 10.0 Å². The van der Waals surface area contributed by atoms with Crippen LogP contribution in [0.5, 0.6) is 5.75 Å². The van der Waals surface area contributed by atoms with E-state index in [1.165, 1.54) is 0 Å². The van der Waals surface area contributed by atoms with Gasteiger partial charge in [0.25, 0.3) is 0 Å². The van der Waals surface area contributed by atoms with Crippen LogP contribution in [0.1, 0.15) is 25.3 Å². The van der Waals surface area contributed by atoms with Gasteiger partial charge in [0, 0.05) is 12.1 Å². The number of rotatable bonds is 3. The zero-order chi connectivity index (χ0) is 11.5. The average Bonchev–Trinajstić information content (AvgIpc) is 2.29. The first kappa shape index (κ1) is 11.9. The van der Waals surface area contributed by atoms with Crippen LogP contribution in [-0.4, -0.2) is 13.2 Å². The van der Waals surface area contributed by atoms with Crippen molar-refractivity contribution in [2.45, 2.75) is 26.2 Å². The number of hydrogen-bond donors (Lipinski definition) is 1. The van der Waals surface area contributed by atoms with Gasteiger partial charge in [-0.15, -0.1) is 0 Å². The summed E-state index contributed by atoms with van der Waals surface area (Å²) in [6, 6.07) is 1.76. The molecule has 2 nitrogen and oxygen atoms in total. The van der Waals surface area contributed by atoms with Crippen molar-refractivity contribution in [3.05, 3.63) is 21.7 Å². The largest absolute Gasteiger partial charge is 0.492 e. The van der Waals surface area contributed by atoms with E-state index in [1.807, 2.05) is 0 Å². The standard InChI is InChI=1S/C12H15Cl2NO/c1-2-6-16-12-8-4-3-5-15-11(8)9(13)7-10(12)14/h7,15H,2-6H2,1H3. The van der Waals surface area contributed by atoms with Crippen molar-refractivity contribution in [3.63, 3.8) is 0 Å². The van der Waals surface area contributed by atoms with Gasteiger partial charge in [-0.3, -0.25) is 0 Å². The van der Waals surface area contributed by atoms with E-state index in [2.05, 4.69) is 12.2 Å². The van der Waals surface area contributed by atoms with E-state index >= 15 is 0 Å². The van der Waals surface area contributed by atoms with E-state index < -0.39 is 0 Å². The molecule has 0 aliphatic carbocycles. The summed E-state index contributed by atoms with van der Waals surface area (Å²) in [5.74, 6) is 0.801. The molecule has 1 aliphatic rings. The Hall–Kier alpha value is -0.600. The summed E-state index contributed by atoms with van der Waals surface area (Å²) in [4.78, 5) is 0. The first-order chi connectivity index (χ1) is 7.74. The molecule has 0 bridgehead atoms. The molecule has 0 amide bonds. The fraction of sp³-hybridized carbons (Fsp3) is 0.500. The fourth-order valence-electron chi connectivity index (χ4n) is 1.92. The Morgan fingerprint density at radius 3 is 2.94 bits per heavy atom. The number of hydrogen-bond acceptors (Lipinski definition) is 2. The van der Waals surface area contributed by atoms with Gasteiger partial charge in [0.2, 0.25) is 0 Å². The highest BCUT2D eigenvalue weighted by Gasteiger charge is 2.20. The van der Waals surface area contributed by atoms with Gasteiger partial charge in [-0.25, -0.2) is 0 Å². The predicted octanol–water partition coefficient (Wildman–Crippen LogP) is 4.14. The molecule has 16 heavy (non-hydrogen) atoms. The molecular formula is C12H15Cl2NO. The van der Waals surface area contributed by atoms with Crippen LogP contribution >= 0.6 is 23.2 Å². The van der Waals surface area contributed by atoms with E-state index in [4.69, 9.17) is 27.9 Å². The number of fused-ring (bicyclic) bond motifs is 1. The Balaban J connectivity index is 2.41. The molecule has 0 spiro atoms. The molecular weight excluding hydrogens is 245 g/mol. The average molecular weight is 260 g/mol. The van der Waals surface area contributed by atoms with E-state index in [1.54, 1.807) is 6.07 Å². The summed E-state index contributed by atoms with van der Waals surface area (Å²) in [6.07, 6.45) is 3.04. The molecule has 88 valence electrons. The van der Waals surface area contributed by atoms with Gasteiger partial charge < -0.3 is 10.1 Å². The van der Waals surface area contributed by atoms with Gasteiger partial charge in [0.05, 0.1) is 22.3 Å². The fourth-order valence-corrected chi connectivity index (χ4v) is 2.54. The van der Waals surface area contributed by atoms with E-state index in [-0.39, 0.29) is 0 Å². The van der Waals surface area contributed by atoms with Gasteiger partial charge in [0.15, 0.2) is 0 Å². The van der Waals surface area contributed by atoms with Crippen LogP contribution in [0.3, 0.4) is 0 Å². The lowest BCUT2D eigenvalue weighted by Gasteiger charge is -2.23. The summed E-state index contributed by atoms with van der Waals surface area (Å²) in [5, 5.41) is 4.60. The van der Waals surface area contributed by atoms with Crippen LogP contribution in [0.15, 0.2) is 6.07 Å². The number of ether oxygens (including phenoxy) is 1. The minimum atomic E-state index is 0.612. The third kappa shape index (κ3) is 2.23. The highest BCUT2D eigenvalue weighted by molar-refractivity contribution is 6.37. The quantitative estimate of drug-likeness (QED) is 0.881. The van der Waals surface area contributed by atoms with Gasteiger partial charge in [-0.1, -0.05) is 30.1 Å². The van der Waals surface area contributed by atoms with Crippen molar-refractivity contribution in [1.29, 1.82) is 0 Å². The Bertz CT molecular complexity index is 393. The second-order valence-electron chi connectivity index (χ2n) is 3.90. The van der Waals surface area contributed by atoms with Gasteiger partial charge in [-0.2, -0.15) is 0 Å². The molecule has 0 fully saturated rings. The topological polar surface area (TPSA) is 21.3 Å². The maximum absolute atomic E-state index is 6.16. The summed E-state index contributed by atoms with van der Waals surface area (Å²) in [6.45, 7) is 3.73. The summed E-state index contributed by atoms with van der Waals surface area (Å²) in [7, 11) is 0. The normalized spacial score (nSPS) is 14.2. The molecule has 2 rings (SSSR count). The molecule has 0 unspecified atom stereocenters. The number of nitrogens with one attached hydrogen (secondary N) is 1. The van der Waals surface area contributed by atoms with Crippen LogP contribution in [-0.2, 0) is 6.42 Å². The molecule has 1 aliphatic heterocycles. The van der Waals surface area contributed by atoms with Gasteiger partial charge in [0.1, 0.15) is 5.75 Å². The maximum Gasteiger partial charge on any atom is 0.143 e. The molecule has 1 heterocycles. The summed E-state index contributed by atoms with van der Waals surface area (Å²) >= 11 is 12.3. The third-order valence-corrected chi connectivity index (χ3v) is 3.22. The lowest BCUT2D eigenvalue weighted by atomic mass is 10.0. The minimum Gasteiger partial charge on any atom is -0.492 e. The summed E-state index contributed by atoms with van der Waals surface area (Å²) < 4.78 is 5.71. The molecule has 4 heteroatoms. The highest BCUT2D eigenvalue weighted by Crippen LogP contribution is 2.41. The Morgan fingerprint density at radius 2 is 2.19 bits per heavy atom. The minimum absolute atomic E-state index is 0.612. The van der Waals surface area contributed by atoms with Crippen LogP contribution in [0.4, 0.5) is 5.69 Å². The highest BCUT2D eigenvalue weighted by atomic mass is 35.5. The second kappa shape index (κ2) is 5.15. The zero-order valence-electron chi connectivity index (χ0n) is 9.28. The van der Waals surface area contributed by atoms with Crippen molar-refractivity contribution >= 4 is 28.9 Å². The molecule has 0 aromatic heterocycles. The molecule has 1 aromatic carbocycles. The number of anilines is 1. The number of benzene rings is 1. The van der Waals surface area contributed by atoms with Crippen LogP contribution in [0, 0.1) is 0 Å². The lowest BCUT2D eigenvalue weighted by molar-refractivity contribution is 0.314. The smallest absolute Gasteiger partial charge is 0.143 e. The zero-order valence-corrected chi connectivity index (χ0v) is 10.8. The predicted molar refractivity (Wildman–Crippen MR) is 69.1 cm³/mol. The third-order valence-electron chi connectivity index (χ3n) is 2.64. The first-order valence-corrected chi connectivity index (χ1v) is 6.37. The van der Waals surface area contributed by atoms with Crippen molar-refractivity contribution in [2.75, 3.05) is 18.5 Å². The molecule has 0 saturated heterocycles. The Kier molecular flexibility index (Phi) is 3.82. The van der Waals surface area contributed by atoms with Gasteiger partial charge >= 0.3 is 0 Å². The Labute approximate surface area is 106 Å². The lowest BCUT2D eigenvalue weighted by Crippen LogP contribution is -2.14. The van der Waals surface area contributed by atoms with E-state index in [9.17, 15) is 0 Å². The Morgan fingerprint density at radius 1 is 1.38 bits per heavy atom. The van der Waals surface area contributed by atoms with Crippen LogP contribution < -0.4 is 10.1 Å². The maximum atomic E-state index is 6.16. The monoisotopic (exact) mass is 259 g/mol.